The quantitative estimate of drug-likeness (QED) is 0.758. The maximum atomic E-state index is 4.65. The molecule has 2 heteroatoms. The van der Waals surface area contributed by atoms with E-state index >= 15 is 0 Å². The third-order valence-electron chi connectivity index (χ3n) is 3.44. The lowest BCUT2D eigenvalue weighted by Crippen LogP contribution is -1.94. The van der Waals surface area contributed by atoms with E-state index in [-0.39, 0.29) is 0 Å². The summed E-state index contributed by atoms with van der Waals surface area (Å²) in [6.07, 6.45) is 0. The predicted octanol–water partition coefficient (Wildman–Crippen LogP) is 4.13. The molecule has 0 N–H and O–H groups in total. The Bertz CT molecular complexity index is 548. The lowest BCUT2D eigenvalue weighted by Gasteiger charge is -2.10. The zero-order chi connectivity index (χ0) is 12.7. The summed E-state index contributed by atoms with van der Waals surface area (Å²) in [5.41, 5.74) is 5.27. The molecule has 17 heavy (non-hydrogen) atoms. The molecule has 1 heterocycles. The molecule has 2 rings (SSSR count). The van der Waals surface area contributed by atoms with E-state index in [0.29, 0.717) is 11.8 Å². The van der Waals surface area contributed by atoms with E-state index < -0.39 is 0 Å². The number of nitrogens with zero attached hydrogens (tertiary/aromatic N) is 2. The van der Waals surface area contributed by atoms with Gasteiger partial charge in [-0.1, -0.05) is 27.7 Å². The molecule has 0 saturated heterocycles. The van der Waals surface area contributed by atoms with Gasteiger partial charge in [-0.05, 0) is 42.0 Å². The number of hydrogen-bond donors (Lipinski definition) is 0. The van der Waals surface area contributed by atoms with Gasteiger partial charge in [0.1, 0.15) is 0 Å². The minimum absolute atomic E-state index is 0.475. The molecule has 92 valence electrons. The van der Waals surface area contributed by atoms with Crippen molar-refractivity contribution in [2.75, 3.05) is 0 Å². The molecule has 2 nitrogen and oxygen atoms in total. The molecular weight excluding hydrogens is 208 g/mol. The first kappa shape index (κ1) is 12.2. The van der Waals surface area contributed by atoms with Gasteiger partial charge in [0, 0.05) is 12.4 Å². The number of aromatic nitrogens is 2. The van der Waals surface area contributed by atoms with Crippen LogP contribution in [0.4, 0.5) is 0 Å². The van der Waals surface area contributed by atoms with Crippen LogP contribution in [0.3, 0.4) is 0 Å². The second kappa shape index (κ2) is 4.17. The molecule has 0 unspecified atom stereocenters. The van der Waals surface area contributed by atoms with Gasteiger partial charge in [-0.2, -0.15) is 5.10 Å². The van der Waals surface area contributed by atoms with Crippen LogP contribution >= 0.6 is 0 Å². The Kier molecular flexibility index (Phi) is 2.98. The van der Waals surface area contributed by atoms with Crippen LogP contribution in [0.2, 0.25) is 0 Å². The van der Waals surface area contributed by atoms with Gasteiger partial charge < -0.3 is 0 Å². The molecule has 0 fully saturated rings. The molecule has 0 aliphatic carbocycles. The fourth-order valence-corrected chi connectivity index (χ4v) is 2.50. The molecule has 0 aliphatic rings. The van der Waals surface area contributed by atoms with Crippen LogP contribution in [-0.4, -0.2) is 9.78 Å². The number of benzene rings is 1. The molecule has 0 saturated carbocycles. The smallest absolute Gasteiger partial charge is 0.0728 e. The fraction of sp³-hybridized carbons (Fsp3) is 0.533. The summed E-state index contributed by atoms with van der Waals surface area (Å²) in [4.78, 5) is 0. The standard InChI is InChI=1S/C15H22N2/c1-9(2)12-8-14-13(7-11(12)5)15(10(3)4)16-17(14)6/h7-10H,1-6H3. The third-order valence-corrected chi connectivity index (χ3v) is 3.44. The van der Waals surface area contributed by atoms with Gasteiger partial charge in [-0.15, -0.1) is 0 Å². The monoisotopic (exact) mass is 230 g/mol. The Hall–Kier alpha value is -1.31. The van der Waals surface area contributed by atoms with Crippen LogP contribution in [0.5, 0.6) is 0 Å². The third kappa shape index (κ3) is 1.97. The van der Waals surface area contributed by atoms with E-state index in [1.54, 1.807) is 0 Å². The van der Waals surface area contributed by atoms with Crippen molar-refractivity contribution in [3.8, 4) is 0 Å². The number of aryl methyl sites for hydroxylation is 2. The Labute approximate surface area is 104 Å². The van der Waals surface area contributed by atoms with Gasteiger partial charge in [0.15, 0.2) is 0 Å². The summed E-state index contributed by atoms with van der Waals surface area (Å²) < 4.78 is 2.01. The average molecular weight is 230 g/mol. The maximum absolute atomic E-state index is 4.65. The van der Waals surface area contributed by atoms with Gasteiger partial charge in [0.25, 0.3) is 0 Å². The maximum Gasteiger partial charge on any atom is 0.0728 e. The number of fused-ring (bicyclic) bond motifs is 1. The summed E-state index contributed by atoms with van der Waals surface area (Å²) >= 11 is 0. The van der Waals surface area contributed by atoms with Crippen molar-refractivity contribution >= 4 is 10.9 Å². The van der Waals surface area contributed by atoms with Crippen molar-refractivity contribution < 1.29 is 0 Å². The molecule has 2 aromatic rings. The van der Waals surface area contributed by atoms with Crippen LogP contribution in [0.25, 0.3) is 10.9 Å². The van der Waals surface area contributed by atoms with Crippen LogP contribution in [-0.2, 0) is 7.05 Å². The normalized spacial score (nSPS) is 12.0. The number of hydrogen-bond acceptors (Lipinski definition) is 1. The summed E-state index contributed by atoms with van der Waals surface area (Å²) in [5.74, 6) is 1.04. The van der Waals surface area contributed by atoms with Crippen LogP contribution in [0.1, 0.15) is 56.4 Å². The molecule has 0 aliphatic heterocycles. The minimum Gasteiger partial charge on any atom is -0.268 e. The van der Waals surface area contributed by atoms with Gasteiger partial charge in [-0.3, -0.25) is 4.68 Å². The van der Waals surface area contributed by atoms with E-state index in [1.807, 2.05) is 11.7 Å². The molecule has 0 bridgehead atoms. The first-order valence-electron chi connectivity index (χ1n) is 6.39. The van der Waals surface area contributed by atoms with Crippen molar-refractivity contribution in [1.82, 2.24) is 9.78 Å². The molecule has 0 amide bonds. The van der Waals surface area contributed by atoms with Gasteiger partial charge in [0.05, 0.1) is 11.2 Å². The Balaban J connectivity index is 2.76. The highest BCUT2D eigenvalue weighted by atomic mass is 15.3. The highest BCUT2D eigenvalue weighted by molar-refractivity contribution is 5.84. The molecule has 0 radical (unpaired) electrons. The number of rotatable bonds is 2. The Morgan fingerprint density at radius 3 is 2.24 bits per heavy atom. The summed E-state index contributed by atoms with van der Waals surface area (Å²) in [6.45, 7) is 11.1. The summed E-state index contributed by atoms with van der Waals surface area (Å²) in [7, 11) is 2.04. The van der Waals surface area contributed by atoms with E-state index in [1.165, 1.54) is 27.7 Å². The Morgan fingerprint density at radius 1 is 1.06 bits per heavy atom. The van der Waals surface area contributed by atoms with Crippen molar-refractivity contribution in [3.05, 3.63) is 29.0 Å². The fourth-order valence-electron chi connectivity index (χ4n) is 2.50. The lowest BCUT2D eigenvalue weighted by molar-refractivity contribution is 0.728. The van der Waals surface area contributed by atoms with Gasteiger partial charge >= 0.3 is 0 Å². The largest absolute Gasteiger partial charge is 0.268 e. The molecular formula is C15H22N2. The molecule has 0 spiro atoms. The molecule has 1 aromatic carbocycles. The summed E-state index contributed by atoms with van der Waals surface area (Å²) in [6, 6.07) is 4.60. The topological polar surface area (TPSA) is 17.8 Å². The van der Waals surface area contributed by atoms with Crippen LogP contribution in [0.15, 0.2) is 12.1 Å². The van der Waals surface area contributed by atoms with E-state index in [2.05, 4.69) is 51.9 Å². The highest BCUT2D eigenvalue weighted by Crippen LogP contribution is 2.29. The van der Waals surface area contributed by atoms with Crippen molar-refractivity contribution in [3.63, 3.8) is 0 Å². The van der Waals surface area contributed by atoms with Crippen molar-refractivity contribution in [2.45, 2.75) is 46.5 Å². The van der Waals surface area contributed by atoms with Crippen LogP contribution < -0.4 is 0 Å². The highest BCUT2D eigenvalue weighted by Gasteiger charge is 2.14. The molecule has 0 atom stereocenters. The van der Waals surface area contributed by atoms with Crippen molar-refractivity contribution in [1.29, 1.82) is 0 Å². The second-order valence-electron chi connectivity index (χ2n) is 5.54. The van der Waals surface area contributed by atoms with E-state index in [0.717, 1.165) is 0 Å². The van der Waals surface area contributed by atoms with Gasteiger partial charge in [0.2, 0.25) is 0 Å². The van der Waals surface area contributed by atoms with Crippen molar-refractivity contribution in [2.24, 2.45) is 7.05 Å². The van der Waals surface area contributed by atoms with E-state index in [9.17, 15) is 0 Å². The first-order valence-corrected chi connectivity index (χ1v) is 6.39. The second-order valence-corrected chi connectivity index (χ2v) is 5.54. The average Bonchev–Trinajstić information content (AvgIpc) is 2.54. The zero-order valence-corrected chi connectivity index (χ0v) is 11.7. The summed E-state index contributed by atoms with van der Waals surface area (Å²) in [5, 5.41) is 5.96. The van der Waals surface area contributed by atoms with Gasteiger partial charge in [-0.25, -0.2) is 0 Å². The lowest BCUT2D eigenvalue weighted by atomic mass is 9.95. The zero-order valence-electron chi connectivity index (χ0n) is 11.7. The van der Waals surface area contributed by atoms with Crippen LogP contribution in [0, 0.1) is 6.92 Å². The van der Waals surface area contributed by atoms with E-state index in [4.69, 9.17) is 0 Å². The Morgan fingerprint density at radius 2 is 1.71 bits per heavy atom. The molecule has 1 aromatic heterocycles. The first-order chi connectivity index (χ1) is 7.91. The SMILES string of the molecule is Cc1cc2c(C(C)C)nn(C)c2cc1C(C)C. The predicted molar refractivity (Wildman–Crippen MR) is 73.6 cm³/mol. The minimum atomic E-state index is 0.475.